The summed E-state index contributed by atoms with van der Waals surface area (Å²) in [5.74, 6) is -0.740. The van der Waals surface area contributed by atoms with E-state index in [1.54, 1.807) is 6.92 Å². The highest BCUT2D eigenvalue weighted by molar-refractivity contribution is 4.87. The van der Waals surface area contributed by atoms with Crippen LogP contribution >= 0.6 is 0 Å². The lowest BCUT2D eigenvalue weighted by atomic mass is 10.1. The van der Waals surface area contributed by atoms with Crippen LogP contribution < -0.4 is 0 Å². The Morgan fingerprint density at radius 2 is 1.83 bits per heavy atom. The maximum Gasteiger partial charge on any atom is 0.168 e. The van der Waals surface area contributed by atoms with Crippen molar-refractivity contribution < 1.29 is 14.2 Å². The first kappa shape index (κ1) is 11.4. The van der Waals surface area contributed by atoms with Crippen LogP contribution in [0.15, 0.2) is 0 Å². The third kappa shape index (κ3) is 3.18. The number of ether oxygens (including phenoxy) is 3. The summed E-state index contributed by atoms with van der Waals surface area (Å²) < 4.78 is 15.0. The second kappa shape index (κ2) is 5.09. The van der Waals surface area contributed by atoms with Gasteiger partial charge in [0.25, 0.3) is 0 Å². The van der Waals surface area contributed by atoms with Gasteiger partial charge in [-0.15, -0.1) is 0 Å². The van der Waals surface area contributed by atoms with Crippen molar-refractivity contribution in [1.82, 2.24) is 0 Å². The van der Waals surface area contributed by atoms with Crippen molar-refractivity contribution in [2.45, 2.75) is 25.2 Å². The molecule has 0 aliphatic rings. The molecular formula is C8H15NO3. The van der Waals surface area contributed by atoms with Gasteiger partial charge >= 0.3 is 0 Å². The molecule has 4 heteroatoms. The van der Waals surface area contributed by atoms with Gasteiger partial charge in [0.15, 0.2) is 5.79 Å². The van der Waals surface area contributed by atoms with E-state index in [1.807, 2.05) is 6.07 Å². The average Bonchev–Trinajstić information content (AvgIpc) is 2.14. The van der Waals surface area contributed by atoms with Crippen molar-refractivity contribution in [1.29, 1.82) is 5.26 Å². The van der Waals surface area contributed by atoms with E-state index in [0.29, 0.717) is 6.42 Å². The standard InChI is InChI=1S/C8H15NO3/c1-8(11-3,12-4)5-7(6-9)10-2/h7H,5H2,1-4H3. The van der Waals surface area contributed by atoms with E-state index in [4.69, 9.17) is 19.5 Å². The molecule has 0 radical (unpaired) electrons. The molecule has 0 N–H and O–H groups in total. The van der Waals surface area contributed by atoms with Gasteiger partial charge in [0.05, 0.1) is 6.07 Å². The van der Waals surface area contributed by atoms with Crippen molar-refractivity contribution in [3.8, 4) is 6.07 Å². The van der Waals surface area contributed by atoms with E-state index >= 15 is 0 Å². The fourth-order valence-corrected chi connectivity index (χ4v) is 0.768. The molecule has 1 unspecified atom stereocenters. The quantitative estimate of drug-likeness (QED) is 0.580. The van der Waals surface area contributed by atoms with Crippen LogP contribution in [-0.2, 0) is 14.2 Å². The summed E-state index contributed by atoms with van der Waals surface area (Å²) in [4.78, 5) is 0. The summed E-state index contributed by atoms with van der Waals surface area (Å²) in [6.45, 7) is 1.76. The van der Waals surface area contributed by atoms with E-state index in [2.05, 4.69) is 0 Å². The van der Waals surface area contributed by atoms with Crippen LogP contribution in [0.3, 0.4) is 0 Å². The molecule has 12 heavy (non-hydrogen) atoms. The molecule has 0 rings (SSSR count). The summed E-state index contributed by atoms with van der Waals surface area (Å²) in [6, 6.07) is 1.99. The fraction of sp³-hybridized carbons (Fsp3) is 0.875. The largest absolute Gasteiger partial charge is 0.366 e. The Hall–Kier alpha value is -0.630. The zero-order valence-corrected chi connectivity index (χ0v) is 7.96. The molecule has 0 fully saturated rings. The maximum absolute atomic E-state index is 8.59. The van der Waals surface area contributed by atoms with Gasteiger partial charge in [-0.05, 0) is 6.92 Å². The lowest BCUT2D eigenvalue weighted by Crippen LogP contribution is -2.34. The number of nitrogens with zero attached hydrogens (tertiary/aromatic N) is 1. The molecule has 0 heterocycles. The molecule has 0 amide bonds. The normalized spacial score (nSPS) is 13.9. The predicted octanol–water partition coefficient (Wildman–Crippen LogP) is 0.924. The monoisotopic (exact) mass is 173 g/mol. The Labute approximate surface area is 73.0 Å². The zero-order valence-electron chi connectivity index (χ0n) is 7.96. The molecular weight excluding hydrogens is 158 g/mol. The first-order valence-corrected chi connectivity index (χ1v) is 3.64. The Morgan fingerprint density at radius 1 is 1.33 bits per heavy atom. The van der Waals surface area contributed by atoms with Crippen LogP contribution in [0.5, 0.6) is 0 Å². The van der Waals surface area contributed by atoms with Gasteiger partial charge in [-0.3, -0.25) is 0 Å². The SMILES string of the molecule is COC(C#N)CC(C)(OC)OC. The number of nitriles is 1. The summed E-state index contributed by atoms with van der Waals surface area (Å²) in [7, 11) is 4.56. The smallest absolute Gasteiger partial charge is 0.168 e. The Bertz CT molecular complexity index is 160. The van der Waals surface area contributed by atoms with Crippen LogP contribution in [0.4, 0.5) is 0 Å². The van der Waals surface area contributed by atoms with E-state index in [1.165, 1.54) is 21.3 Å². The highest BCUT2D eigenvalue weighted by Crippen LogP contribution is 2.18. The van der Waals surface area contributed by atoms with Gasteiger partial charge in [0.1, 0.15) is 6.10 Å². The van der Waals surface area contributed by atoms with Crippen LogP contribution in [0.25, 0.3) is 0 Å². The maximum atomic E-state index is 8.59. The minimum Gasteiger partial charge on any atom is -0.366 e. The average molecular weight is 173 g/mol. The van der Waals surface area contributed by atoms with Gasteiger partial charge in [-0.2, -0.15) is 5.26 Å². The fourth-order valence-electron chi connectivity index (χ4n) is 0.768. The lowest BCUT2D eigenvalue weighted by molar-refractivity contribution is -0.207. The second-order valence-corrected chi connectivity index (χ2v) is 2.60. The zero-order chi connectivity index (χ0) is 9.61. The van der Waals surface area contributed by atoms with E-state index < -0.39 is 11.9 Å². The molecule has 4 nitrogen and oxygen atoms in total. The van der Waals surface area contributed by atoms with E-state index in [9.17, 15) is 0 Å². The van der Waals surface area contributed by atoms with Crippen LogP contribution in [-0.4, -0.2) is 33.2 Å². The molecule has 0 saturated heterocycles. The molecule has 0 aliphatic carbocycles. The molecule has 1 atom stereocenters. The third-order valence-electron chi connectivity index (χ3n) is 1.85. The summed E-state index contributed by atoms with van der Waals surface area (Å²) in [5, 5.41) is 8.59. The molecule has 0 spiro atoms. The topological polar surface area (TPSA) is 51.5 Å². The first-order valence-electron chi connectivity index (χ1n) is 3.64. The summed E-state index contributed by atoms with van der Waals surface area (Å²) in [5.41, 5.74) is 0. The second-order valence-electron chi connectivity index (χ2n) is 2.60. The molecule has 70 valence electrons. The molecule has 0 aromatic heterocycles. The predicted molar refractivity (Wildman–Crippen MR) is 43.5 cm³/mol. The minimum absolute atomic E-state index is 0.396. The van der Waals surface area contributed by atoms with Gasteiger partial charge in [-0.25, -0.2) is 0 Å². The van der Waals surface area contributed by atoms with Gasteiger partial charge in [-0.1, -0.05) is 0 Å². The number of hydrogen-bond donors (Lipinski definition) is 0. The van der Waals surface area contributed by atoms with Crippen molar-refractivity contribution in [2.24, 2.45) is 0 Å². The van der Waals surface area contributed by atoms with Gasteiger partial charge < -0.3 is 14.2 Å². The van der Waals surface area contributed by atoms with Crippen molar-refractivity contribution in [3.63, 3.8) is 0 Å². The Morgan fingerprint density at radius 3 is 2.08 bits per heavy atom. The van der Waals surface area contributed by atoms with Crippen molar-refractivity contribution in [2.75, 3.05) is 21.3 Å². The first-order chi connectivity index (χ1) is 5.61. The molecule has 0 aromatic rings. The Balaban J connectivity index is 4.10. The Kier molecular flexibility index (Phi) is 4.83. The van der Waals surface area contributed by atoms with Gasteiger partial charge in [0, 0.05) is 27.8 Å². The highest BCUT2D eigenvalue weighted by atomic mass is 16.7. The highest BCUT2D eigenvalue weighted by Gasteiger charge is 2.27. The van der Waals surface area contributed by atoms with E-state index in [0.717, 1.165) is 0 Å². The molecule has 0 bridgehead atoms. The summed E-state index contributed by atoms with van der Waals surface area (Å²) >= 11 is 0. The van der Waals surface area contributed by atoms with Gasteiger partial charge in [0.2, 0.25) is 0 Å². The number of methoxy groups -OCH3 is 3. The minimum atomic E-state index is -0.740. The molecule has 0 aromatic carbocycles. The third-order valence-corrected chi connectivity index (χ3v) is 1.85. The van der Waals surface area contributed by atoms with Crippen molar-refractivity contribution in [3.05, 3.63) is 0 Å². The number of hydrogen-bond acceptors (Lipinski definition) is 4. The summed E-state index contributed by atoms with van der Waals surface area (Å²) in [6.07, 6.45) is -0.0950. The van der Waals surface area contributed by atoms with Crippen molar-refractivity contribution >= 4 is 0 Å². The van der Waals surface area contributed by atoms with Crippen LogP contribution in [0.1, 0.15) is 13.3 Å². The molecule has 0 saturated carbocycles. The van der Waals surface area contributed by atoms with Crippen LogP contribution in [0, 0.1) is 11.3 Å². The number of rotatable bonds is 5. The van der Waals surface area contributed by atoms with Crippen LogP contribution in [0.2, 0.25) is 0 Å². The lowest BCUT2D eigenvalue weighted by Gasteiger charge is -2.27. The van der Waals surface area contributed by atoms with E-state index in [-0.39, 0.29) is 0 Å². The molecule has 0 aliphatic heterocycles.